The SMILES string of the molecule is CCOC(=O)c1sc(-c2cccc(NC3CCN(S(=O)(=O)Cc4ccccc4)CC3)c2)cc1OCC(=O)O. The summed E-state index contributed by atoms with van der Waals surface area (Å²) in [7, 11) is -3.38. The standard InChI is InChI=1S/C27H30N2O7S2/c1-2-35-27(32)26-23(36-17-25(30)31)16-24(37-26)20-9-6-10-22(15-20)28-21-11-13-29(14-12-21)38(33,34)18-19-7-4-3-5-8-19/h3-10,15-16,21,28H,2,11-14,17-18H2,1H3,(H,30,31). The number of nitrogens with zero attached hydrogens (tertiary/aromatic N) is 1. The first-order valence-electron chi connectivity index (χ1n) is 12.3. The number of thiophene rings is 1. The second kappa shape index (κ2) is 12.4. The fraction of sp³-hybridized carbons (Fsp3) is 0.333. The van der Waals surface area contributed by atoms with Gasteiger partial charge in [-0.1, -0.05) is 42.5 Å². The molecule has 202 valence electrons. The molecule has 4 rings (SSSR count). The van der Waals surface area contributed by atoms with Crippen molar-refractivity contribution in [1.29, 1.82) is 0 Å². The van der Waals surface area contributed by atoms with Gasteiger partial charge in [0, 0.05) is 29.7 Å². The average Bonchev–Trinajstić information content (AvgIpc) is 3.33. The number of aliphatic carboxylic acids is 1. The topological polar surface area (TPSA) is 122 Å². The Kier molecular flexibility index (Phi) is 9.03. The van der Waals surface area contributed by atoms with Crippen LogP contribution in [0.5, 0.6) is 5.75 Å². The molecule has 0 radical (unpaired) electrons. The highest BCUT2D eigenvalue weighted by Crippen LogP contribution is 2.38. The van der Waals surface area contributed by atoms with Gasteiger partial charge in [-0.15, -0.1) is 11.3 Å². The van der Waals surface area contributed by atoms with Crippen LogP contribution >= 0.6 is 11.3 Å². The zero-order valence-electron chi connectivity index (χ0n) is 21.0. The molecule has 1 fully saturated rings. The molecule has 0 amide bonds. The van der Waals surface area contributed by atoms with Crippen LogP contribution < -0.4 is 10.1 Å². The van der Waals surface area contributed by atoms with Crippen molar-refractivity contribution in [1.82, 2.24) is 4.31 Å². The lowest BCUT2D eigenvalue weighted by Crippen LogP contribution is -2.42. The van der Waals surface area contributed by atoms with E-state index in [4.69, 9.17) is 14.6 Å². The van der Waals surface area contributed by atoms with Crippen molar-refractivity contribution in [2.75, 3.05) is 31.6 Å². The molecule has 0 bridgehead atoms. The Bertz CT molecular complexity index is 1370. The van der Waals surface area contributed by atoms with Crippen molar-refractivity contribution in [3.8, 4) is 16.2 Å². The summed E-state index contributed by atoms with van der Waals surface area (Å²) in [4.78, 5) is 24.3. The summed E-state index contributed by atoms with van der Waals surface area (Å²) in [5, 5.41) is 12.5. The van der Waals surface area contributed by atoms with Crippen molar-refractivity contribution in [3.05, 3.63) is 71.1 Å². The number of hydrogen-bond acceptors (Lipinski definition) is 8. The number of benzene rings is 2. The molecular weight excluding hydrogens is 528 g/mol. The number of rotatable bonds is 11. The average molecular weight is 559 g/mol. The predicted octanol–water partition coefficient (Wildman–Crippen LogP) is 4.46. The normalized spacial score (nSPS) is 14.7. The van der Waals surface area contributed by atoms with E-state index >= 15 is 0 Å². The maximum Gasteiger partial charge on any atom is 0.352 e. The van der Waals surface area contributed by atoms with Gasteiger partial charge in [-0.2, -0.15) is 0 Å². The van der Waals surface area contributed by atoms with E-state index in [9.17, 15) is 18.0 Å². The summed E-state index contributed by atoms with van der Waals surface area (Å²) < 4.78 is 37.7. The lowest BCUT2D eigenvalue weighted by Gasteiger charge is -2.32. The first-order valence-corrected chi connectivity index (χ1v) is 14.7. The van der Waals surface area contributed by atoms with Gasteiger partial charge >= 0.3 is 11.9 Å². The monoisotopic (exact) mass is 558 g/mol. The zero-order valence-corrected chi connectivity index (χ0v) is 22.6. The highest BCUT2D eigenvalue weighted by molar-refractivity contribution is 7.88. The summed E-state index contributed by atoms with van der Waals surface area (Å²) in [5.74, 6) is -1.53. The second-order valence-corrected chi connectivity index (χ2v) is 11.9. The highest BCUT2D eigenvalue weighted by atomic mass is 32.2. The van der Waals surface area contributed by atoms with E-state index in [1.165, 1.54) is 11.3 Å². The van der Waals surface area contributed by atoms with Gasteiger partial charge in [0.25, 0.3) is 0 Å². The first-order chi connectivity index (χ1) is 18.2. The third kappa shape index (κ3) is 7.12. The Morgan fingerprint density at radius 2 is 1.82 bits per heavy atom. The number of carboxylic acid groups (broad SMARTS) is 1. The van der Waals surface area contributed by atoms with Gasteiger partial charge in [-0.05, 0) is 49.1 Å². The Hall–Kier alpha value is -3.41. The second-order valence-electron chi connectivity index (χ2n) is 8.85. The van der Waals surface area contributed by atoms with E-state index < -0.39 is 28.6 Å². The molecule has 9 nitrogen and oxygen atoms in total. The molecule has 2 heterocycles. The van der Waals surface area contributed by atoms with E-state index in [-0.39, 0.29) is 29.0 Å². The van der Waals surface area contributed by atoms with Crippen LogP contribution in [-0.2, 0) is 25.3 Å². The van der Waals surface area contributed by atoms with E-state index in [0.717, 1.165) is 21.7 Å². The minimum absolute atomic E-state index is 0.000743. The molecule has 0 saturated carbocycles. The van der Waals surface area contributed by atoms with E-state index in [2.05, 4.69) is 5.32 Å². The van der Waals surface area contributed by atoms with Crippen LogP contribution in [0.3, 0.4) is 0 Å². The van der Waals surface area contributed by atoms with E-state index in [1.54, 1.807) is 17.3 Å². The van der Waals surface area contributed by atoms with Gasteiger partial charge in [-0.3, -0.25) is 0 Å². The third-order valence-corrected chi connectivity index (χ3v) is 9.06. The quantitative estimate of drug-likeness (QED) is 0.331. The summed E-state index contributed by atoms with van der Waals surface area (Å²) in [6.45, 7) is 2.22. The summed E-state index contributed by atoms with van der Waals surface area (Å²) in [6, 6.07) is 18.6. The smallest absolute Gasteiger partial charge is 0.352 e. The molecule has 0 atom stereocenters. The predicted molar refractivity (Wildman–Crippen MR) is 146 cm³/mol. The lowest BCUT2D eigenvalue weighted by atomic mass is 10.1. The molecular formula is C27H30N2O7S2. The van der Waals surface area contributed by atoms with Crippen molar-refractivity contribution in [3.63, 3.8) is 0 Å². The number of nitrogens with one attached hydrogen (secondary N) is 1. The van der Waals surface area contributed by atoms with Gasteiger partial charge in [-0.25, -0.2) is 22.3 Å². The molecule has 2 N–H and O–H groups in total. The molecule has 1 saturated heterocycles. The number of esters is 1. The lowest BCUT2D eigenvalue weighted by molar-refractivity contribution is -0.139. The van der Waals surface area contributed by atoms with Crippen LogP contribution in [0.1, 0.15) is 35.0 Å². The molecule has 3 aromatic rings. The number of sulfonamides is 1. The van der Waals surface area contributed by atoms with Gasteiger partial charge in [0.1, 0.15) is 5.75 Å². The first kappa shape index (κ1) is 27.6. The molecule has 1 aliphatic rings. The van der Waals surface area contributed by atoms with Gasteiger partial charge in [0.15, 0.2) is 11.5 Å². The number of carbonyl (C=O) groups excluding carboxylic acids is 1. The largest absolute Gasteiger partial charge is 0.480 e. The van der Waals surface area contributed by atoms with Crippen LogP contribution in [0.4, 0.5) is 5.69 Å². The molecule has 1 aromatic heterocycles. The zero-order chi connectivity index (χ0) is 27.1. The van der Waals surface area contributed by atoms with Crippen molar-refractivity contribution >= 4 is 39.0 Å². The van der Waals surface area contributed by atoms with Crippen LogP contribution in [0.15, 0.2) is 60.7 Å². The van der Waals surface area contributed by atoms with Crippen LogP contribution in [0.25, 0.3) is 10.4 Å². The Balaban J connectivity index is 1.41. The van der Waals surface area contributed by atoms with Crippen LogP contribution in [0, 0.1) is 0 Å². The number of hydrogen-bond donors (Lipinski definition) is 2. The van der Waals surface area contributed by atoms with Crippen molar-refractivity contribution in [2.24, 2.45) is 0 Å². The maximum atomic E-state index is 12.9. The Labute approximate surface area is 226 Å². The third-order valence-electron chi connectivity index (χ3n) is 6.07. The maximum absolute atomic E-state index is 12.9. The Morgan fingerprint density at radius 1 is 1.08 bits per heavy atom. The number of ether oxygens (including phenoxy) is 2. The molecule has 2 aromatic carbocycles. The molecule has 38 heavy (non-hydrogen) atoms. The van der Waals surface area contributed by atoms with E-state index in [1.807, 2.05) is 54.6 Å². The van der Waals surface area contributed by atoms with Gasteiger partial charge in [0.05, 0.1) is 12.4 Å². The molecule has 1 aliphatic heterocycles. The van der Waals surface area contributed by atoms with Crippen LogP contribution in [0.2, 0.25) is 0 Å². The number of anilines is 1. The number of carbonyl (C=O) groups is 2. The minimum Gasteiger partial charge on any atom is -0.480 e. The summed E-state index contributed by atoms with van der Waals surface area (Å²) in [6.07, 6.45) is 1.36. The highest BCUT2D eigenvalue weighted by Gasteiger charge is 2.28. The molecule has 0 aliphatic carbocycles. The van der Waals surface area contributed by atoms with E-state index in [0.29, 0.717) is 25.9 Å². The number of piperidine rings is 1. The van der Waals surface area contributed by atoms with Gasteiger partial charge < -0.3 is 19.9 Å². The summed E-state index contributed by atoms with van der Waals surface area (Å²) in [5.41, 5.74) is 2.48. The Morgan fingerprint density at radius 3 is 2.50 bits per heavy atom. The van der Waals surface area contributed by atoms with Gasteiger partial charge in [0.2, 0.25) is 10.0 Å². The number of carboxylic acids is 1. The van der Waals surface area contributed by atoms with Crippen molar-refractivity contribution < 1.29 is 32.6 Å². The van der Waals surface area contributed by atoms with Crippen LogP contribution in [-0.4, -0.2) is 62.1 Å². The molecule has 0 unspecified atom stereocenters. The molecule has 0 spiro atoms. The van der Waals surface area contributed by atoms with Crippen molar-refractivity contribution in [2.45, 2.75) is 31.6 Å². The fourth-order valence-corrected chi connectivity index (χ4v) is 6.81. The summed E-state index contributed by atoms with van der Waals surface area (Å²) >= 11 is 1.18. The minimum atomic E-state index is -3.38. The molecule has 11 heteroatoms. The fourth-order valence-electron chi connectivity index (χ4n) is 4.25.